The maximum Gasteiger partial charge on any atom is 0.263 e. The Morgan fingerprint density at radius 2 is 1.77 bits per heavy atom. The number of benzene rings is 1. The summed E-state index contributed by atoms with van der Waals surface area (Å²) in [5.41, 5.74) is 1.62. The third-order valence-electron chi connectivity index (χ3n) is 3.45. The van der Waals surface area contributed by atoms with Gasteiger partial charge in [0, 0.05) is 10.7 Å². The maximum atomic E-state index is 12.7. The van der Waals surface area contributed by atoms with E-state index >= 15 is 0 Å². The van der Waals surface area contributed by atoms with Crippen LogP contribution in [0.3, 0.4) is 0 Å². The molecule has 1 heterocycles. The van der Waals surface area contributed by atoms with Crippen LogP contribution in [-0.4, -0.2) is 28.7 Å². The second kappa shape index (κ2) is 7.20. The summed E-state index contributed by atoms with van der Waals surface area (Å²) in [5.74, 6) is 2.51. The van der Waals surface area contributed by atoms with Crippen LogP contribution in [-0.2, 0) is 9.53 Å². The molecule has 0 spiro atoms. The zero-order chi connectivity index (χ0) is 16.3. The Kier molecular flexibility index (Phi) is 5.75. The highest BCUT2D eigenvalue weighted by Gasteiger charge is 2.58. The highest BCUT2D eigenvalue weighted by molar-refractivity contribution is 8.19. The molecule has 0 bridgehead atoms. The number of allylic oxidation sites excluding steroid dienone is 1. The average Bonchev–Trinajstić information content (AvgIpc) is 2.49. The van der Waals surface area contributed by atoms with E-state index in [2.05, 4.69) is 13.8 Å². The number of rotatable bonds is 6. The summed E-state index contributed by atoms with van der Waals surface area (Å²) in [4.78, 5) is 14.6. The Bertz CT molecular complexity index is 580. The van der Waals surface area contributed by atoms with E-state index in [1.54, 1.807) is 30.6 Å². The molecule has 0 N–H and O–H groups in total. The first kappa shape index (κ1) is 17.6. The first-order valence-electron chi connectivity index (χ1n) is 7.15. The number of β-lactam (4-membered cyclic amide) rings is 1. The number of hydrogen-bond donors (Lipinski definition) is 0. The molecule has 1 saturated heterocycles. The van der Waals surface area contributed by atoms with Gasteiger partial charge in [-0.15, -0.1) is 23.5 Å². The maximum absolute atomic E-state index is 12.7. The van der Waals surface area contributed by atoms with Gasteiger partial charge in [0.05, 0.1) is 7.11 Å². The minimum absolute atomic E-state index is 0.00331. The molecule has 1 amide bonds. The molecule has 1 aromatic rings. The van der Waals surface area contributed by atoms with Crippen molar-refractivity contribution < 1.29 is 9.53 Å². The molecule has 1 aliphatic heterocycles. The Morgan fingerprint density at radius 3 is 2.23 bits per heavy atom. The van der Waals surface area contributed by atoms with Crippen LogP contribution in [0.2, 0.25) is 5.02 Å². The van der Waals surface area contributed by atoms with Gasteiger partial charge in [-0.05, 0) is 42.7 Å². The molecule has 0 atom stereocenters. The van der Waals surface area contributed by atoms with E-state index in [0.717, 1.165) is 22.8 Å². The fraction of sp³-hybridized carbons (Fsp3) is 0.438. The van der Waals surface area contributed by atoms with Crippen LogP contribution < -0.4 is 4.90 Å². The van der Waals surface area contributed by atoms with Gasteiger partial charge >= 0.3 is 0 Å². The lowest BCUT2D eigenvalue weighted by atomic mass is 10.0. The quantitative estimate of drug-likeness (QED) is 0.317. The Hall–Kier alpha value is -0.780. The number of hydrogen-bond acceptors (Lipinski definition) is 4. The Morgan fingerprint density at radius 1 is 1.23 bits per heavy atom. The molecule has 3 nitrogen and oxygen atoms in total. The minimum atomic E-state index is -0.422. The summed E-state index contributed by atoms with van der Waals surface area (Å²) in [6.45, 7) is 6.06. The second-order valence-corrected chi connectivity index (χ2v) is 8.31. The molecule has 1 fully saturated rings. The van der Waals surface area contributed by atoms with E-state index in [9.17, 15) is 4.79 Å². The Labute approximate surface area is 145 Å². The van der Waals surface area contributed by atoms with Crippen molar-refractivity contribution in [3.8, 4) is 0 Å². The molecule has 120 valence electrons. The standard InChI is InChI=1S/C16H20ClNO2S2/c1-5-21-16(22-6-2)14(11(3)20-4)15(19)18(16)13-9-7-12(17)8-10-13/h7-10H,5-6H2,1-4H3/b14-11+. The van der Waals surface area contributed by atoms with Gasteiger partial charge in [-0.25, -0.2) is 0 Å². The normalized spacial score (nSPS) is 19.0. The third kappa shape index (κ3) is 2.86. The van der Waals surface area contributed by atoms with Crippen molar-refractivity contribution >= 4 is 46.7 Å². The SMILES string of the molecule is CCSC1(SCC)/C(=C(\C)OC)C(=O)N1c1ccc(Cl)cc1. The van der Waals surface area contributed by atoms with Gasteiger partial charge < -0.3 is 4.74 Å². The van der Waals surface area contributed by atoms with E-state index in [1.807, 2.05) is 36.1 Å². The van der Waals surface area contributed by atoms with Crippen LogP contribution in [0.1, 0.15) is 20.8 Å². The van der Waals surface area contributed by atoms with E-state index < -0.39 is 4.20 Å². The molecule has 0 saturated carbocycles. The van der Waals surface area contributed by atoms with Gasteiger partial charge in [0.15, 0.2) is 4.20 Å². The van der Waals surface area contributed by atoms with Crippen molar-refractivity contribution in [1.82, 2.24) is 0 Å². The molecular weight excluding hydrogens is 338 g/mol. The average molecular weight is 358 g/mol. The smallest absolute Gasteiger partial charge is 0.263 e. The predicted molar refractivity (Wildman–Crippen MR) is 97.6 cm³/mol. The van der Waals surface area contributed by atoms with Crippen LogP contribution in [0.5, 0.6) is 0 Å². The summed E-state index contributed by atoms with van der Waals surface area (Å²) >= 11 is 9.47. The number of anilines is 1. The highest BCUT2D eigenvalue weighted by atomic mass is 35.5. The molecule has 0 unspecified atom stereocenters. The number of ether oxygens (including phenoxy) is 1. The minimum Gasteiger partial charge on any atom is -0.501 e. The van der Waals surface area contributed by atoms with Crippen molar-refractivity contribution in [3.63, 3.8) is 0 Å². The summed E-state index contributed by atoms with van der Waals surface area (Å²) in [5, 5.41) is 0.664. The largest absolute Gasteiger partial charge is 0.501 e. The number of amides is 1. The van der Waals surface area contributed by atoms with E-state index in [0.29, 0.717) is 10.8 Å². The van der Waals surface area contributed by atoms with Crippen LogP contribution in [0, 0.1) is 0 Å². The van der Waals surface area contributed by atoms with Gasteiger partial charge in [-0.3, -0.25) is 9.69 Å². The number of halogens is 1. The van der Waals surface area contributed by atoms with Gasteiger partial charge in [0.1, 0.15) is 11.3 Å². The monoisotopic (exact) mass is 357 g/mol. The molecule has 6 heteroatoms. The Balaban J connectivity index is 2.52. The van der Waals surface area contributed by atoms with Crippen molar-refractivity contribution in [2.75, 3.05) is 23.5 Å². The third-order valence-corrected chi connectivity index (χ3v) is 6.54. The first-order valence-corrected chi connectivity index (χ1v) is 9.50. The van der Waals surface area contributed by atoms with Crippen molar-refractivity contribution in [1.29, 1.82) is 0 Å². The van der Waals surface area contributed by atoms with Gasteiger partial charge in [0.2, 0.25) is 0 Å². The summed E-state index contributed by atoms with van der Waals surface area (Å²) in [6.07, 6.45) is 0. The molecule has 1 aromatic carbocycles. The van der Waals surface area contributed by atoms with Crippen LogP contribution in [0.25, 0.3) is 0 Å². The molecule has 0 radical (unpaired) electrons. The van der Waals surface area contributed by atoms with Gasteiger partial charge in [-0.2, -0.15) is 0 Å². The van der Waals surface area contributed by atoms with E-state index in [1.165, 1.54) is 0 Å². The lowest BCUT2D eigenvalue weighted by Crippen LogP contribution is -2.63. The molecule has 2 rings (SSSR count). The van der Waals surface area contributed by atoms with E-state index in [-0.39, 0.29) is 5.91 Å². The summed E-state index contributed by atoms with van der Waals surface area (Å²) in [6, 6.07) is 7.40. The fourth-order valence-electron chi connectivity index (χ4n) is 2.50. The van der Waals surface area contributed by atoms with Gasteiger partial charge in [-0.1, -0.05) is 25.4 Å². The summed E-state index contributed by atoms with van der Waals surface area (Å²) in [7, 11) is 1.61. The molecule has 1 aliphatic rings. The van der Waals surface area contributed by atoms with Crippen molar-refractivity contribution in [3.05, 3.63) is 40.6 Å². The molecule has 0 aromatic heterocycles. The topological polar surface area (TPSA) is 29.5 Å². The zero-order valence-electron chi connectivity index (χ0n) is 13.2. The fourth-order valence-corrected chi connectivity index (χ4v) is 5.83. The molecule has 22 heavy (non-hydrogen) atoms. The highest BCUT2D eigenvalue weighted by Crippen LogP contribution is 2.56. The van der Waals surface area contributed by atoms with E-state index in [4.69, 9.17) is 16.3 Å². The second-order valence-electron chi connectivity index (χ2n) is 4.70. The molecule has 0 aliphatic carbocycles. The van der Waals surface area contributed by atoms with Crippen molar-refractivity contribution in [2.24, 2.45) is 0 Å². The predicted octanol–water partition coefficient (Wildman–Crippen LogP) is 4.77. The van der Waals surface area contributed by atoms with Crippen LogP contribution in [0.4, 0.5) is 5.69 Å². The lowest BCUT2D eigenvalue weighted by Gasteiger charge is -2.52. The zero-order valence-corrected chi connectivity index (χ0v) is 15.6. The first-order chi connectivity index (χ1) is 10.5. The lowest BCUT2D eigenvalue weighted by molar-refractivity contribution is -0.118. The number of carbonyl (C=O) groups is 1. The van der Waals surface area contributed by atoms with Crippen LogP contribution in [0.15, 0.2) is 35.6 Å². The van der Waals surface area contributed by atoms with Gasteiger partial charge in [0.25, 0.3) is 5.91 Å². The number of carbonyl (C=O) groups excluding carboxylic acids is 1. The van der Waals surface area contributed by atoms with Crippen LogP contribution >= 0.6 is 35.1 Å². The number of thioether (sulfide) groups is 2. The number of nitrogens with zero attached hydrogens (tertiary/aromatic N) is 1. The molecular formula is C16H20ClNO2S2. The summed E-state index contributed by atoms with van der Waals surface area (Å²) < 4.78 is 4.94. The van der Waals surface area contributed by atoms with Crippen molar-refractivity contribution in [2.45, 2.75) is 25.0 Å². The number of methoxy groups -OCH3 is 1.